The molecule has 0 saturated heterocycles. The molecule has 1 unspecified atom stereocenters. The van der Waals surface area contributed by atoms with E-state index in [0.717, 1.165) is 36.8 Å². The zero-order valence-corrected chi connectivity index (χ0v) is 11.6. The third kappa shape index (κ3) is 4.59. The summed E-state index contributed by atoms with van der Waals surface area (Å²) >= 11 is 0. The van der Waals surface area contributed by atoms with Gasteiger partial charge in [0.15, 0.2) is 0 Å². The second kappa shape index (κ2) is 6.19. The van der Waals surface area contributed by atoms with Crippen LogP contribution in [-0.4, -0.2) is 19.6 Å². The Labute approximate surface area is 107 Å². The van der Waals surface area contributed by atoms with Crippen molar-refractivity contribution in [2.24, 2.45) is 35.3 Å². The van der Waals surface area contributed by atoms with Crippen LogP contribution in [0.1, 0.15) is 46.0 Å². The van der Waals surface area contributed by atoms with Gasteiger partial charge in [-0.3, -0.25) is 0 Å². The van der Waals surface area contributed by atoms with Gasteiger partial charge in [0.05, 0.1) is 0 Å². The fourth-order valence-electron chi connectivity index (χ4n) is 3.15. The van der Waals surface area contributed by atoms with Gasteiger partial charge in [-0.2, -0.15) is 0 Å². The molecule has 0 heterocycles. The smallest absolute Gasteiger partial charge is 0.000824 e. The highest BCUT2D eigenvalue weighted by atomic mass is 14.9. The average Bonchev–Trinajstić information content (AvgIpc) is 3.15. The van der Waals surface area contributed by atoms with Crippen LogP contribution in [-0.2, 0) is 0 Å². The minimum absolute atomic E-state index is 0.675. The van der Waals surface area contributed by atoms with Crippen LogP contribution >= 0.6 is 0 Å². The molecule has 1 atom stereocenters. The highest BCUT2D eigenvalue weighted by Crippen LogP contribution is 2.48. The van der Waals surface area contributed by atoms with Crippen LogP contribution in [0.4, 0.5) is 0 Å². The Morgan fingerprint density at radius 2 is 1.65 bits per heavy atom. The largest absolute Gasteiger partial charge is 0.330 e. The molecule has 2 heteroatoms. The minimum Gasteiger partial charge on any atom is -0.330 e. The fraction of sp³-hybridized carbons (Fsp3) is 1.00. The molecule has 0 spiro atoms. The summed E-state index contributed by atoms with van der Waals surface area (Å²) in [7, 11) is 0. The molecular formula is C15H30N2. The van der Waals surface area contributed by atoms with Crippen LogP contribution in [0.5, 0.6) is 0 Å². The Morgan fingerprint density at radius 3 is 2.06 bits per heavy atom. The summed E-state index contributed by atoms with van der Waals surface area (Å²) in [6.45, 7) is 7.80. The molecule has 2 fully saturated rings. The molecule has 0 aromatic heterocycles. The lowest BCUT2D eigenvalue weighted by atomic mass is 9.95. The Balaban J connectivity index is 1.62. The van der Waals surface area contributed by atoms with Crippen molar-refractivity contribution in [3.63, 3.8) is 0 Å². The topological polar surface area (TPSA) is 38.0 Å². The Kier molecular flexibility index (Phi) is 4.87. The van der Waals surface area contributed by atoms with E-state index in [0.29, 0.717) is 5.92 Å². The van der Waals surface area contributed by atoms with Crippen molar-refractivity contribution >= 4 is 0 Å². The molecule has 0 aliphatic heterocycles. The molecule has 0 bridgehead atoms. The monoisotopic (exact) mass is 238 g/mol. The van der Waals surface area contributed by atoms with Crippen LogP contribution in [0.2, 0.25) is 0 Å². The van der Waals surface area contributed by atoms with Crippen molar-refractivity contribution in [3.8, 4) is 0 Å². The number of rotatable bonds is 9. The second-order valence-electron chi connectivity index (χ2n) is 6.73. The van der Waals surface area contributed by atoms with Crippen molar-refractivity contribution in [1.29, 1.82) is 0 Å². The van der Waals surface area contributed by atoms with Gasteiger partial charge in [-0.1, -0.05) is 13.8 Å². The summed E-state index contributed by atoms with van der Waals surface area (Å²) in [6, 6.07) is 0. The zero-order chi connectivity index (χ0) is 12.3. The molecule has 0 radical (unpaired) electrons. The molecule has 100 valence electrons. The van der Waals surface area contributed by atoms with Crippen LogP contribution < -0.4 is 11.1 Å². The quantitative estimate of drug-likeness (QED) is 0.648. The van der Waals surface area contributed by atoms with Crippen molar-refractivity contribution < 1.29 is 0 Å². The number of nitrogens with one attached hydrogen (secondary N) is 1. The van der Waals surface area contributed by atoms with Gasteiger partial charge in [0.2, 0.25) is 0 Å². The minimum atomic E-state index is 0.675. The molecule has 3 N–H and O–H groups in total. The van der Waals surface area contributed by atoms with Crippen LogP contribution in [0.3, 0.4) is 0 Å². The van der Waals surface area contributed by atoms with Gasteiger partial charge in [-0.25, -0.2) is 0 Å². The molecule has 0 amide bonds. The van der Waals surface area contributed by atoms with Crippen molar-refractivity contribution in [1.82, 2.24) is 5.32 Å². The van der Waals surface area contributed by atoms with Crippen molar-refractivity contribution in [3.05, 3.63) is 0 Å². The van der Waals surface area contributed by atoms with Gasteiger partial charge < -0.3 is 11.1 Å². The van der Waals surface area contributed by atoms with Gasteiger partial charge in [0, 0.05) is 0 Å². The maximum Gasteiger partial charge on any atom is -0.000824 e. The second-order valence-corrected chi connectivity index (χ2v) is 6.73. The molecule has 0 aromatic carbocycles. The normalized spacial score (nSPS) is 22.4. The van der Waals surface area contributed by atoms with Gasteiger partial charge in [0.25, 0.3) is 0 Å². The van der Waals surface area contributed by atoms with E-state index < -0.39 is 0 Å². The maximum absolute atomic E-state index is 5.84. The SMILES string of the molecule is CC(C)CC(CN)CNCC(C1CC1)C1CC1. The first-order valence-electron chi connectivity index (χ1n) is 7.61. The van der Waals surface area contributed by atoms with E-state index in [4.69, 9.17) is 5.73 Å². The first-order valence-corrected chi connectivity index (χ1v) is 7.61. The summed E-state index contributed by atoms with van der Waals surface area (Å²) in [5, 5.41) is 3.70. The Hall–Kier alpha value is -0.0800. The van der Waals surface area contributed by atoms with E-state index in [9.17, 15) is 0 Å². The van der Waals surface area contributed by atoms with E-state index in [1.54, 1.807) is 0 Å². The lowest BCUT2D eigenvalue weighted by Gasteiger charge is -2.21. The average molecular weight is 238 g/mol. The van der Waals surface area contributed by atoms with E-state index >= 15 is 0 Å². The molecule has 2 aliphatic carbocycles. The van der Waals surface area contributed by atoms with E-state index in [1.165, 1.54) is 38.6 Å². The zero-order valence-electron chi connectivity index (χ0n) is 11.6. The molecule has 2 nitrogen and oxygen atoms in total. The maximum atomic E-state index is 5.84. The van der Waals surface area contributed by atoms with Crippen molar-refractivity contribution in [2.45, 2.75) is 46.0 Å². The Bertz CT molecular complexity index is 207. The number of hydrogen-bond donors (Lipinski definition) is 2. The summed E-state index contributed by atoms with van der Waals surface area (Å²) in [6.07, 6.45) is 7.25. The predicted octanol–water partition coefficient (Wildman–Crippen LogP) is 2.63. The summed E-state index contributed by atoms with van der Waals surface area (Å²) in [5.74, 6) is 4.57. The lowest BCUT2D eigenvalue weighted by Crippen LogP contribution is -2.33. The van der Waals surface area contributed by atoms with Crippen LogP contribution in [0.15, 0.2) is 0 Å². The van der Waals surface area contributed by atoms with Crippen LogP contribution in [0.25, 0.3) is 0 Å². The van der Waals surface area contributed by atoms with Crippen LogP contribution in [0, 0.1) is 29.6 Å². The van der Waals surface area contributed by atoms with E-state index in [-0.39, 0.29) is 0 Å². The number of nitrogens with two attached hydrogens (primary N) is 1. The van der Waals surface area contributed by atoms with Gasteiger partial charge >= 0.3 is 0 Å². The van der Waals surface area contributed by atoms with Gasteiger partial charge in [-0.05, 0) is 81.3 Å². The third-order valence-electron chi connectivity index (χ3n) is 4.41. The molecule has 2 aliphatic rings. The summed E-state index contributed by atoms with van der Waals surface area (Å²) < 4.78 is 0. The highest BCUT2D eigenvalue weighted by molar-refractivity contribution is 4.92. The highest BCUT2D eigenvalue weighted by Gasteiger charge is 2.40. The summed E-state index contributed by atoms with van der Waals surface area (Å²) in [5.41, 5.74) is 5.84. The summed E-state index contributed by atoms with van der Waals surface area (Å²) in [4.78, 5) is 0. The molecule has 2 rings (SSSR count). The first kappa shape index (κ1) is 13.4. The first-order chi connectivity index (χ1) is 8.20. The van der Waals surface area contributed by atoms with E-state index in [2.05, 4.69) is 19.2 Å². The molecular weight excluding hydrogens is 208 g/mol. The fourth-order valence-corrected chi connectivity index (χ4v) is 3.15. The third-order valence-corrected chi connectivity index (χ3v) is 4.41. The molecule has 0 aromatic rings. The Morgan fingerprint density at radius 1 is 1.06 bits per heavy atom. The van der Waals surface area contributed by atoms with Gasteiger partial charge in [-0.15, -0.1) is 0 Å². The molecule has 17 heavy (non-hydrogen) atoms. The number of hydrogen-bond acceptors (Lipinski definition) is 2. The predicted molar refractivity (Wildman–Crippen MR) is 73.8 cm³/mol. The van der Waals surface area contributed by atoms with Crippen molar-refractivity contribution in [2.75, 3.05) is 19.6 Å². The van der Waals surface area contributed by atoms with Gasteiger partial charge in [0.1, 0.15) is 0 Å². The standard InChI is InChI=1S/C15H30N2/c1-11(2)7-12(8-16)9-17-10-15(13-3-4-13)14-5-6-14/h11-15,17H,3-10,16H2,1-2H3. The van der Waals surface area contributed by atoms with E-state index in [1.807, 2.05) is 0 Å². The molecule has 2 saturated carbocycles. The lowest BCUT2D eigenvalue weighted by molar-refractivity contribution is 0.341.